The van der Waals surface area contributed by atoms with Crippen molar-refractivity contribution < 1.29 is 19.5 Å². The van der Waals surface area contributed by atoms with Gasteiger partial charge in [0.05, 0.1) is 5.56 Å². The second-order valence-corrected chi connectivity index (χ2v) is 6.71. The van der Waals surface area contributed by atoms with E-state index in [1.54, 1.807) is 19.1 Å². The van der Waals surface area contributed by atoms with E-state index in [1.165, 1.54) is 6.07 Å². The van der Waals surface area contributed by atoms with Crippen LogP contribution in [-0.4, -0.2) is 28.9 Å². The Hall–Kier alpha value is -2.37. The van der Waals surface area contributed by atoms with E-state index in [9.17, 15) is 14.4 Å². The average Bonchev–Trinajstić information content (AvgIpc) is 2.43. The molecule has 0 radical (unpaired) electrons. The number of nitrogens with one attached hydrogen (secondary N) is 2. The predicted octanol–water partition coefficient (Wildman–Crippen LogP) is 2.82. The number of rotatable bonds is 7. The van der Waals surface area contributed by atoms with Crippen LogP contribution >= 0.6 is 0 Å². The van der Waals surface area contributed by atoms with Crippen LogP contribution in [0.4, 0.5) is 5.69 Å². The molecule has 0 fully saturated rings. The van der Waals surface area contributed by atoms with Crippen LogP contribution in [0.3, 0.4) is 0 Å². The number of hydrogen-bond donors (Lipinski definition) is 3. The van der Waals surface area contributed by atoms with Crippen molar-refractivity contribution in [2.75, 3.05) is 5.32 Å². The van der Waals surface area contributed by atoms with Crippen LogP contribution in [0.1, 0.15) is 50.0 Å². The smallest absolute Gasteiger partial charge is 0.335 e. The van der Waals surface area contributed by atoms with Gasteiger partial charge in [-0.3, -0.25) is 9.59 Å². The van der Waals surface area contributed by atoms with Gasteiger partial charge in [0.25, 0.3) is 0 Å². The Labute approximate surface area is 142 Å². The molecule has 0 aliphatic heterocycles. The van der Waals surface area contributed by atoms with E-state index in [4.69, 9.17) is 5.11 Å². The minimum absolute atomic E-state index is 0.0690. The zero-order valence-corrected chi connectivity index (χ0v) is 14.8. The maximum atomic E-state index is 12.5. The molecule has 0 aliphatic carbocycles. The first kappa shape index (κ1) is 19.7. The first-order chi connectivity index (χ1) is 11.1. The molecule has 2 amide bonds. The number of carboxylic acids is 1. The summed E-state index contributed by atoms with van der Waals surface area (Å²) in [5.41, 5.74) is 1.26. The second kappa shape index (κ2) is 8.47. The Morgan fingerprint density at radius 3 is 2.21 bits per heavy atom. The van der Waals surface area contributed by atoms with E-state index < -0.39 is 12.0 Å². The van der Waals surface area contributed by atoms with Crippen LogP contribution in [-0.2, 0) is 9.59 Å². The minimum atomic E-state index is -1.01. The van der Waals surface area contributed by atoms with Gasteiger partial charge >= 0.3 is 5.97 Å². The van der Waals surface area contributed by atoms with Crippen LogP contribution in [0.2, 0.25) is 0 Å². The topological polar surface area (TPSA) is 95.5 Å². The van der Waals surface area contributed by atoms with Crippen LogP contribution < -0.4 is 10.6 Å². The number of anilines is 1. The van der Waals surface area contributed by atoms with Crippen molar-refractivity contribution >= 4 is 23.5 Å². The van der Waals surface area contributed by atoms with E-state index >= 15 is 0 Å². The number of aryl methyl sites for hydroxylation is 1. The van der Waals surface area contributed by atoms with Gasteiger partial charge in [0.1, 0.15) is 6.04 Å². The summed E-state index contributed by atoms with van der Waals surface area (Å²) in [7, 11) is 0. The number of benzene rings is 1. The maximum Gasteiger partial charge on any atom is 0.335 e. The molecule has 1 aromatic rings. The van der Waals surface area contributed by atoms with Crippen molar-refractivity contribution in [3.63, 3.8) is 0 Å². The summed E-state index contributed by atoms with van der Waals surface area (Å²) in [4.78, 5) is 35.4. The molecule has 1 aromatic carbocycles. The molecule has 0 aromatic heterocycles. The number of carboxylic acid groups (broad SMARTS) is 1. The van der Waals surface area contributed by atoms with E-state index in [0.717, 1.165) is 0 Å². The lowest BCUT2D eigenvalue weighted by Gasteiger charge is -2.22. The summed E-state index contributed by atoms with van der Waals surface area (Å²) in [6.07, 6.45) is 0.364. The minimum Gasteiger partial charge on any atom is -0.478 e. The highest BCUT2D eigenvalue weighted by molar-refractivity contribution is 5.98. The molecule has 6 heteroatoms. The Balaban J connectivity index is 2.84. The molecule has 0 spiro atoms. The first-order valence-corrected chi connectivity index (χ1v) is 8.06. The fourth-order valence-electron chi connectivity index (χ4n) is 2.34. The van der Waals surface area contributed by atoms with Gasteiger partial charge in [-0.05, 0) is 42.5 Å². The highest BCUT2D eigenvalue weighted by atomic mass is 16.4. The summed E-state index contributed by atoms with van der Waals surface area (Å²) >= 11 is 0. The average molecular weight is 334 g/mol. The van der Waals surface area contributed by atoms with Crippen molar-refractivity contribution in [1.82, 2.24) is 5.32 Å². The quantitative estimate of drug-likeness (QED) is 0.714. The Morgan fingerprint density at radius 2 is 1.75 bits per heavy atom. The molecule has 0 heterocycles. The lowest BCUT2D eigenvalue weighted by Crippen LogP contribution is -2.47. The summed E-state index contributed by atoms with van der Waals surface area (Å²) in [5.74, 6) is -1.33. The van der Waals surface area contributed by atoms with Crippen LogP contribution in [0.5, 0.6) is 0 Å². The molecule has 24 heavy (non-hydrogen) atoms. The zero-order valence-electron chi connectivity index (χ0n) is 14.8. The molecule has 0 bridgehead atoms. The lowest BCUT2D eigenvalue weighted by atomic mass is 10.0. The van der Waals surface area contributed by atoms with E-state index in [-0.39, 0.29) is 29.2 Å². The van der Waals surface area contributed by atoms with Crippen molar-refractivity contribution in [1.29, 1.82) is 0 Å². The molecule has 1 atom stereocenters. The van der Waals surface area contributed by atoms with Gasteiger partial charge in [-0.25, -0.2) is 4.79 Å². The third kappa shape index (κ3) is 5.68. The molecule has 6 nitrogen and oxygen atoms in total. The number of aromatic carboxylic acids is 1. The molecular weight excluding hydrogens is 308 g/mol. The van der Waals surface area contributed by atoms with Crippen molar-refractivity contribution in [2.24, 2.45) is 11.8 Å². The van der Waals surface area contributed by atoms with Gasteiger partial charge in [0.15, 0.2) is 0 Å². The van der Waals surface area contributed by atoms with Gasteiger partial charge in [0, 0.05) is 12.1 Å². The van der Waals surface area contributed by atoms with Crippen LogP contribution in [0.15, 0.2) is 18.2 Å². The van der Waals surface area contributed by atoms with Crippen molar-refractivity contribution in [3.05, 3.63) is 29.3 Å². The van der Waals surface area contributed by atoms with Crippen LogP contribution in [0, 0.1) is 18.8 Å². The molecule has 0 saturated carbocycles. The number of amides is 2. The van der Waals surface area contributed by atoms with Gasteiger partial charge in [0.2, 0.25) is 11.8 Å². The molecule has 3 N–H and O–H groups in total. The van der Waals surface area contributed by atoms with E-state index in [1.807, 2.05) is 27.7 Å². The van der Waals surface area contributed by atoms with E-state index in [0.29, 0.717) is 17.7 Å². The normalized spacial score (nSPS) is 12.1. The maximum absolute atomic E-state index is 12.5. The summed E-state index contributed by atoms with van der Waals surface area (Å²) in [5, 5.41) is 14.5. The third-order valence-corrected chi connectivity index (χ3v) is 3.58. The van der Waals surface area contributed by atoms with Gasteiger partial charge < -0.3 is 15.7 Å². The van der Waals surface area contributed by atoms with Crippen molar-refractivity contribution in [3.8, 4) is 0 Å². The molecule has 1 rings (SSSR count). The molecule has 0 aliphatic rings. The summed E-state index contributed by atoms with van der Waals surface area (Å²) in [6.45, 7) is 9.27. The Kier molecular flexibility index (Phi) is 6.95. The largest absolute Gasteiger partial charge is 0.478 e. The second-order valence-electron chi connectivity index (χ2n) is 6.71. The molecule has 1 unspecified atom stereocenters. The predicted molar refractivity (Wildman–Crippen MR) is 93.0 cm³/mol. The van der Waals surface area contributed by atoms with Gasteiger partial charge in [-0.15, -0.1) is 0 Å². The number of carbonyl (C=O) groups excluding carboxylic acids is 2. The third-order valence-electron chi connectivity index (χ3n) is 3.58. The first-order valence-electron chi connectivity index (χ1n) is 8.06. The Morgan fingerprint density at radius 1 is 1.12 bits per heavy atom. The number of hydrogen-bond acceptors (Lipinski definition) is 3. The standard InChI is InChI=1S/C18H26N2O4/c1-10(2)8-15(21)20-16(11(3)4)17(22)19-13-6-7-14(18(23)24)12(5)9-13/h6-7,9-11,16H,8H2,1-5H3,(H,19,22)(H,20,21)(H,23,24). The van der Waals surface area contributed by atoms with Crippen molar-refractivity contribution in [2.45, 2.75) is 47.1 Å². The monoisotopic (exact) mass is 334 g/mol. The van der Waals surface area contributed by atoms with Gasteiger partial charge in [-0.1, -0.05) is 27.7 Å². The highest BCUT2D eigenvalue weighted by Gasteiger charge is 2.24. The SMILES string of the molecule is Cc1cc(NC(=O)C(NC(=O)CC(C)C)C(C)C)ccc1C(=O)O. The lowest BCUT2D eigenvalue weighted by molar-refractivity contribution is -0.127. The van der Waals surface area contributed by atoms with Crippen LogP contribution in [0.25, 0.3) is 0 Å². The Bertz CT molecular complexity index is 623. The molecule has 132 valence electrons. The number of carbonyl (C=O) groups is 3. The fraction of sp³-hybridized carbons (Fsp3) is 0.500. The van der Waals surface area contributed by atoms with E-state index in [2.05, 4.69) is 10.6 Å². The summed E-state index contributed by atoms with van der Waals surface area (Å²) < 4.78 is 0. The summed E-state index contributed by atoms with van der Waals surface area (Å²) in [6, 6.07) is 3.96. The zero-order chi connectivity index (χ0) is 18.4. The molecule has 0 saturated heterocycles. The highest BCUT2D eigenvalue weighted by Crippen LogP contribution is 2.16. The molecular formula is C18H26N2O4. The van der Waals surface area contributed by atoms with Gasteiger partial charge in [-0.2, -0.15) is 0 Å². The fourth-order valence-corrected chi connectivity index (χ4v) is 2.34.